The monoisotopic (exact) mass is 464 g/mol. The molecule has 0 aliphatic carbocycles. The number of aryl methyl sites for hydroxylation is 1. The third-order valence-corrected chi connectivity index (χ3v) is 6.19. The smallest absolute Gasteiger partial charge is 0.251 e. The summed E-state index contributed by atoms with van der Waals surface area (Å²) in [5, 5.41) is 15.7. The van der Waals surface area contributed by atoms with E-state index in [0.29, 0.717) is 30.3 Å². The van der Waals surface area contributed by atoms with E-state index in [2.05, 4.69) is 38.7 Å². The number of nitrogens with zero attached hydrogens (tertiary/aromatic N) is 5. The number of methoxy groups -OCH3 is 1. The lowest BCUT2D eigenvalue weighted by molar-refractivity contribution is 0.0904. The van der Waals surface area contributed by atoms with Gasteiger partial charge in [-0.25, -0.2) is 0 Å². The first-order valence-electron chi connectivity index (χ1n) is 11.7. The predicted octanol–water partition coefficient (Wildman–Crippen LogP) is 2.99. The minimum Gasteiger partial charge on any atom is -0.493 e. The highest BCUT2D eigenvalue weighted by atomic mass is 16.5. The van der Waals surface area contributed by atoms with Gasteiger partial charge in [-0.2, -0.15) is 4.80 Å². The van der Waals surface area contributed by atoms with Crippen molar-refractivity contribution in [1.29, 1.82) is 0 Å². The van der Waals surface area contributed by atoms with Gasteiger partial charge in [0, 0.05) is 29.6 Å². The largest absolute Gasteiger partial charge is 0.493 e. The van der Waals surface area contributed by atoms with Crippen LogP contribution in [0.2, 0.25) is 0 Å². The van der Waals surface area contributed by atoms with Crippen molar-refractivity contribution in [2.45, 2.75) is 38.8 Å². The van der Waals surface area contributed by atoms with Gasteiger partial charge in [0.05, 0.1) is 20.3 Å². The third-order valence-electron chi connectivity index (χ3n) is 6.19. The van der Waals surface area contributed by atoms with Crippen molar-refractivity contribution in [3.05, 3.63) is 53.6 Å². The first-order chi connectivity index (χ1) is 16.5. The Hall–Kier alpha value is -3.46. The van der Waals surface area contributed by atoms with Crippen molar-refractivity contribution in [1.82, 2.24) is 30.4 Å². The average Bonchev–Trinajstić information content (AvgIpc) is 3.35. The minimum absolute atomic E-state index is 0.0115. The summed E-state index contributed by atoms with van der Waals surface area (Å²) in [7, 11) is 3.75. The van der Waals surface area contributed by atoms with E-state index in [1.165, 1.54) is 4.80 Å². The Morgan fingerprint density at radius 2 is 1.94 bits per heavy atom. The molecule has 3 aromatic rings. The molecule has 1 aliphatic rings. The summed E-state index contributed by atoms with van der Waals surface area (Å²) in [5.41, 5.74) is 2.56. The molecule has 1 amide bonds. The van der Waals surface area contributed by atoms with Crippen molar-refractivity contribution >= 4 is 5.91 Å². The zero-order valence-electron chi connectivity index (χ0n) is 20.2. The van der Waals surface area contributed by atoms with Gasteiger partial charge in [0.1, 0.15) is 0 Å². The number of tetrazole rings is 1. The number of aromatic nitrogens is 4. The van der Waals surface area contributed by atoms with Crippen LogP contribution in [0.1, 0.15) is 42.1 Å². The Bertz CT molecular complexity index is 1110. The van der Waals surface area contributed by atoms with E-state index in [0.717, 1.165) is 36.4 Å². The van der Waals surface area contributed by atoms with E-state index in [-0.39, 0.29) is 17.9 Å². The first-order valence-corrected chi connectivity index (χ1v) is 11.7. The summed E-state index contributed by atoms with van der Waals surface area (Å²) < 4.78 is 11.2. The topological polar surface area (TPSA) is 94.4 Å². The van der Waals surface area contributed by atoms with Gasteiger partial charge in [0.25, 0.3) is 5.91 Å². The van der Waals surface area contributed by atoms with Crippen LogP contribution in [0.15, 0.2) is 42.5 Å². The number of ether oxygens (including phenoxy) is 2. The van der Waals surface area contributed by atoms with Crippen LogP contribution in [0, 0.1) is 0 Å². The second-order valence-electron chi connectivity index (χ2n) is 8.46. The Morgan fingerprint density at radius 1 is 1.15 bits per heavy atom. The summed E-state index contributed by atoms with van der Waals surface area (Å²) in [6.07, 6.45) is 0.866. The number of benzene rings is 2. The molecule has 2 atom stereocenters. The quantitative estimate of drug-likeness (QED) is 0.548. The van der Waals surface area contributed by atoms with E-state index in [1.54, 1.807) is 7.11 Å². The van der Waals surface area contributed by atoms with Gasteiger partial charge < -0.3 is 19.7 Å². The first kappa shape index (κ1) is 23.7. The molecule has 1 aliphatic heterocycles. The van der Waals surface area contributed by atoms with Gasteiger partial charge in [-0.15, -0.1) is 10.2 Å². The number of carbonyl (C=O) groups excluding carboxylic acids is 1. The normalized spacial score (nSPS) is 18.5. The molecule has 9 heteroatoms. The van der Waals surface area contributed by atoms with Crippen molar-refractivity contribution in [2.75, 3.05) is 33.9 Å². The molecule has 0 spiro atoms. The van der Waals surface area contributed by atoms with Crippen molar-refractivity contribution in [3.63, 3.8) is 0 Å². The molecule has 2 aromatic carbocycles. The number of hydrogen-bond donors (Lipinski definition) is 1. The number of likely N-dealkylation sites (tertiary alicyclic amines) is 1. The third kappa shape index (κ3) is 5.20. The average molecular weight is 465 g/mol. The maximum absolute atomic E-state index is 13.1. The molecule has 0 bridgehead atoms. The molecule has 1 N–H and O–H groups in total. The molecule has 0 radical (unpaired) electrons. The lowest BCUT2D eigenvalue weighted by Gasteiger charge is -2.37. The maximum Gasteiger partial charge on any atom is 0.251 e. The van der Waals surface area contributed by atoms with Gasteiger partial charge in [-0.3, -0.25) is 4.79 Å². The standard InChI is InChI=1S/C25H32N6O3/c1-5-31-28-24(27-29-31)17-7-9-18(10-8-17)25(32)26-21-13-14-30(3)16-20(21)19-11-12-22(33-4)23(15-19)34-6-2/h7-12,15,20-21H,5-6,13-14,16H2,1-4H3,(H,26,32)/t20-,21-/m1/s1. The number of hydrogen-bond acceptors (Lipinski definition) is 7. The van der Waals surface area contributed by atoms with E-state index in [9.17, 15) is 4.79 Å². The molecule has 1 saturated heterocycles. The summed E-state index contributed by atoms with van der Waals surface area (Å²) in [6.45, 7) is 6.90. The number of piperidine rings is 1. The van der Waals surface area contributed by atoms with E-state index >= 15 is 0 Å². The summed E-state index contributed by atoms with van der Waals surface area (Å²) in [4.78, 5) is 17.0. The van der Waals surface area contributed by atoms with E-state index in [4.69, 9.17) is 9.47 Å². The van der Waals surface area contributed by atoms with Crippen molar-refractivity contribution in [2.24, 2.45) is 0 Å². The number of amides is 1. The Balaban J connectivity index is 1.51. The van der Waals surface area contributed by atoms with Gasteiger partial charge in [-0.05, 0) is 68.9 Å². The lowest BCUT2D eigenvalue weighted by atomic mass is 9.85. The number of carbonyl (C=O) groups is 1. The van der Waals surface area contributed by atoms with Crippen molar-refractivity contribution in [3.8, 4) is 22.9 Å². The second kappa shape index (κ2) is 10.6. The Morgan fingerprint density at radius 3 is 2.62 bits per heavy atom. The van der Waals surface area contributed by atoms with Crippen LogP contribution in [0.5, 0.6) is 11.5 Å². The van der Waals surface area contributed by atoms with Crippen LogP contribution in [-0.2, 0) is 6.54 Å². The molecule has 0 saturated carbocycles. The predicted molar refractivity (Wildman–Crippen MR) is 129 cm³/mol. The fraction of sp³-hybridized carbons (Fsp3) is 0.440. The Labute approximate surface area is 200 Å². The van der Waals surface area contributed by atoms with Gasteiger partial charge in [0.15, 0.2) is 11.5 Å². The molecule has 4 rings (SSSR count). The van der Waals surface area contributed by atoms with Gasteiger partial charge in [-0.1, -0.05) is 18.2 Å². The highest BCUT2D eigenvalue weighted by Gasteiger charge is 2.31. The summed E-state index contributed by atoms with van der Waals surface area (Å²) in [6, 6.07) is 13.4. The summed E-state index contributed by atoms with van der Waals surface area (Å²) in [5.74, 6) is 2.04. The molecule has 180 valence electrons. The number of nitrogens with one attached hydrogen (secondary N) is 1. The number of rotatable bonds is 8. The van der Waals surface area contributed by atoms with Crippen LogP contribution in [0.4, 0.5) is 0 Å². The molecule has 34 heavy (non-hydrogen) atoms. The number of likely N-dealkylation sites (N-methyl/N-ethyl adjacent to an activating group) is 1. The van der Waals surface area contributed by atoms with Gasteiger partial charge in [0.2, 0.25) is 5.82 Å². The van der Waals surface area contributed by atoms with Crippen LogP contribution < -0.4 is 14.8 Å². The van der Waals surface area contributed by atoms with E-state index in [1.807, 2.05) is 50.2 Å². The van der Waals surface area contributed by atoms with Crippen LogP contribution >= 0.6 is 0 Å². The second-order valence-corrected chi connectivity index (χ2v) is 8.46. The minimum atomic E-state index is -0.0881. The molecular formula is C25H32N6O3. The van der Waals surface area contributed by atoms with Crippen molar-refractivity contribution < 1.29 is 14.3 Å². The fourth-order valence-corrected chi connectivity index (χ4v) is 4.33. The van der Waals surface area contributed by atoms with E-state index < -0.39 is 0 Å². The lowest BCUT2D eigenvalue weighted by Crippen LogP contribution is -2.48. The molecule has 0 unspecified atom stereocenters. The maximum atomic E-state index is 13.1. The zero-order valence-corrected chi connectivity index (χ0v) is 20.2. The highest BCUT2D eigenvalue weighted by molar-refractivity contribution is 5.94. The molecule has 1 aromatic heterocycles. The molecular weight excluding hydrogens is 432 g/mol. The van der Waals surface area contributed by atoms with Gasteiger partial charge >= 0.3 is 0 Å². The molecule has 2 heterocycles. The van der Waals surface area contributed by atoms with Crippen LogP contribution in [0.25, 0.3) is 11.4 Å². The van der Waals surface area contributed by atoms with Crippen LogP contribution in [-0.4, -0.2) is 70.9 Å². The SMILES string of the molecule is CCOc1cc([C@H]2CN(C)CC[C@H]2NC(=O)c2ccc(-c3nnn(CC)n3)cc2)ccc1OC. The Kier molecular flexibility index (Phi) is 7.42. The van der Waals surface area contributed by atoms with Crippen LogP contribution in [0.3, 0.4) is 0 Å². The fourth-order valence-electron chi connectivity index (χ4n) is 4.33. The molecule has 9 nitrogen and oxygen atoms in total. The highest BCUT2D eigenvalue weighted by Crippen LogP contribution is 2.34. The zero-order chi connectivity index (χ0) is 24.1. The molecule has 1 fully saturated rings. The summed E-state index contributed by atoms with van der Waals surface area (Å²) >= 11 is 0.